The van der Waals surface area contributed by atoms with E-state index in [-0.39, 0.29) is 13.0 Å². The summed E-state index contributed by atoms with van der Waals surface area (Å²) < 4.78 is 10.7. The lowest BCUT2D eigenvalue weighted by molar-refractivity contribution is -0.161. The van der Waals surface area contributed by atoms with Gasteiger partial charge in [0.2, 0.25) is 5.91 Å². The Balaban J connectivity index is 2.28. The molecule has 2 atom stereocenters. The van der Waals surface area contributed by atoms with Crippen molar-refractivity contribution in [2.24, 2.45) is 5.92 Å². The second kappa shape index (κ2) is 11.7. The quantitative estimate of drug-likeness (QED) is 0.431. The molecular weight excluding hydrogens is 406 g/mol. The summed E-state index contributed by atoms with van der Waals surface area (Å²) in [5.41, 5.74) is 0.203. The lowest BCUT2D eigenvalue weighted by Gasteiger charge is -2.26. The van der Waals surface area contributed by atoms with Gasteiger partial charge in [0.25, 0.3) is 0 Å². The summed E-state index contributed by atoms with van der Waals surface area (Å²) in [6.07, 6.45) is 2.24. The number of unbranched alkanes of at least 4 members (excludes halogenated alkanes) is 1. The van der Waals surface area contributed by atoms with Crippen molar-refractivity contribution in [3.8, 4) is 0 Å². The third-order valence-electron chi connectivity index (χ3n) is 5.05. The maximum atomic E-state index is 13.2. The molecule has 1 unspecified atom stereocenters. The van der Waals surface area contributed by atoms with Crippen LogP contribution in [0.1, 0.15) is 59.4 Å². The average molecular weight is 442 g/mol. The van der Waals surface area contributed by atoms with E-state index in [0.29, 0.717) is 6.42 Å². The number of benzene rings is 2. The zero-order chi connectivity index (χ0) is 23.7. The summed E-state index contributed by atoms with van der Waals surface area (Å²) in [6.45, 7) is 9.23. The van der Waals surface area contributed by atoms with Crippen molar-refractivity contribution in [3.63, 3.8) is 0 Å². The first kappa shape index (κ1) is 25.4. The third kappa shape index (κ3) is 7.36. The molecule has 2 aromatic rings. The molecule has 6 nitrogen and oxygen atoms in total. The first-order chi connectivity index (χ1) is 15.2. The summed E-state index contributed by atoms with van der Waals surface area (Å²) in [4.78, 5) is 38.6. The van der Waals surface area contributed by atoms with Crippen LogP contribution in [0.3, 0.4) is 0 Å². The number of carbonyl (C=O) groups is 3. The zero-order valence-electron chi connectivity index (χ0n) is 19.8. The molecule has 0 aromatic heterocycles. The van der Waals surface area contributed by atoms with Crippen LogP contribution in [0, 0.1) is 5.92 Å². The van der Waals surface area contributed by atoms with Crippen LogP contribution in [0.15, 0.2) is 42.5 Å². The molecule has 0 saturated carbocycles. The highest BCUT2D eigenvalue weighted by molar-refractivity contribution is 6.00. The third-order valence-corrected chi connectivity index (χ3v) is 5.05. The molecule has 174 valence electrons. The zero-order valence-corrected chi connectivity index (χ0v) is 19.8. The first-order valence-electron chi connectivity index (χ1n) is 11.3. The van der Waals surface area contributed by atoms with Crippen molar-refractivity contribution >= 4 is 28.6 Å². The van der Waals surface area contributed by atoms with Gasteiger partial charge in [-0.05, 0) is 56.9 Å². The molecule has 0 bridgehead atoms. The van der Waals surface area contributed by atoms with E-state index in [1.165, 1.54) is 0 Å². The van der Waals surface area contributed by atoms with Gasteiger partial charge in [0.15, 0.2) is 0 Å². The van der Waals surface area contributed by atoms with Crippen LogP contribution in [-0.2, 0) is 30.3 Å². The summed E-state index contributed by atoms with van der Waals surface area (Å²) in [6, 6.07) is 12.8. The largest absolute Gasteiger partial charge is 0.465 e. The van der Waals surface area contributed by atoms with Crippen LogP contribution in [-0.4, -0.2) is 36.1 Å². The van der Waals surface area contributed by atoms with Crippen molar-refractivity contribution in [1.29, 1.82) is 0 Å². The highest BCUT2D eigenvalue weighted by Gasteiger charge is 2.33. The van der Waals surface area contributed by atoms with Gasteiger partial charge >= 0.3 is 11.9 Å². The lowest BCUT2D eigenvalue weighted by Crippen LogP contribution is -2.48. The Kier molecular flexibility index (Phi) is 9.24. The molecule has 32 heavy (non-hydrogen) atoms. The van der Waals surface area contributed by atoms with Crippen LogP contribution in [0.2, 0.25) is 0 Å². The topological polar surface area (TPSA) is 81.7 Å². The minimum Gasteiger partial charge on any atom is -0.465 e. The van der Waals surface area contributed by atoms with E-state index in [1.54, 1.807) is 27.7 Å². The standard InChI is InChI=1S/C26H35NO5/c1-6-8-16-22(25(30)32-26(3,4)5)27-23(28)21(24(29)31-7-2)17-19-14-11-13-18-12-9-10-15-20(18)19/h9-15,21-22H,6-8,16-17H2,1-5H3,(H,27,28)/t21?,22-/m0/s1. The van der Waals surface area contributed by atoms with E-state index in [2.05, 4.69) is 5.32 Å². The number of fused-ring (bicyclic) bond motifs is 1. The minimum absolute atomic E-state index is 0.170. The summed E-state index contributed by atoms with van der Waals surface area (Å²) >= 11 is 0. The number of rotatable bonds is 10. The van der Waals surface area contributed by atoms with E-state index in [0.717, 1.165) is 29.2 Å². The molecule has 0 aliphatic heterocycles. The van der Waals surface area contributed by atoms with E-state index in [4.69, 9.17) is 9.47 Å². The van der Waals surface area contributed by atoms with Crippen LogP contribution in [0.25, 0.3) is 10.8 Å². The fourth-order valence-electron chi connectivity index (χ4n) is 3.52. The van der Waals surface area contributed by atoms with Crippen molar-refractivity contribution in [2.45, 2.75) is 71.9 Å². The van der Waals surface area contributed by atoms with Crippen LogP contribution in [0.4, 0.5) is 0 Å². The number of nitrogens with one attached hydrogen (secondary N) is 1. The molecule has 0 radical (unpaired) electrons. The Morgan fingerprint density at radius 3 is 2.31 bits per heavy atom. The summed E-state index contributed by atoms with van der Waals surface area (Å²) in [7, 11) is 0. The highest BCUT2D eigenvalue weighted by atomic mass is 16.6. The van der Waals surface area contributed by atoms with E-state index in [9.17, 15) is 14.4 Å². The van der Waals surface area contributed by atoms with Crippen LogP contribution >= 0.6 is 0 Å². The summed E-state index contributed by atoms with van der Waals surface area (Å²) in [5.74, 6) is -2.68. The molecule has 2 aromatic carbocycles. The van der Waals surface area contributed by atoms with Gasteiger partial charge in [-0.1, -0.05) is 62.2 Å². The number of ether oxygens (including phenoxy) is 2. The van der Waals surface area contributed by atoms with Crippen LogP contribution in [0.5, 0.6) is 0 Å². The molecule has 0 aliphatic carbocycles. The van der Waals surface area contributed by atoms with Crippen LogP contribution < -0.4 is 5.32 Å². The van der Waals surface area contributed by atoms with Crippen molar-refractivity contribution in [2.75, 3.05) is 6.61 Å². The van der Waals surface area contributed by atoms with Gasteiger partial charge in [-0.2, -0.15) is 0 Å². The van der Waals surface area contributed by atoms with Gasteiger partial charge < -0.3 is 14.8 Å². The van der Waals surface area contributed by atoms with E-state index in [1.807, 2.05) is 49.4 Å². The Morgan fingerprint density at radius 1 is 0.969 bits per heavy atom. The number of esters is 2. The second-order valence-electron chi connectivity index (χ2n) is 8.88. The number of carbonyl (C=O) groups excluding carboxylic acids is 3. The number of hydrogen-bond donors (Lipinski definition) is 1. The van der Waals surface area contributed by atoms with E-state index < -0.39 is 35.4 Å². The van der Waals surface area contributed by atoms with Gasteiger partial charge in [0.05, 0.1) is 6.61 Å². The Bertz CT molecular complexity index is 926. The second-order valence-corrected chi connectivity index (χ2v) is 8.88. The molecule has 0 aliphatic rings. The van der Waals surface area contributed by atoms with Gasteiger partial charge in [-0.3, -0.25) is 9.59 Å². The number of amides is 1. The molecule has 0 saturated heterocycles. The van der Waals surface area contributed by atoms with E-state index >= 15 is 0 Å². The Labute approximate surface area is 190 Å². The normalized spacial score (nSPS) is 13.3. The molecular formula is C26H35NO5. The minimum atomic E-state index is -1.06. The predicted octanol–water partition coefficient (Wildman–Crippen LogP) is 4.58. The molecule has 1 N–H and O–H groups in total. The van der Waals surface area contributed by atoms with Gasteiger partial charge in [0.1, 0.15) is 17.6 Å². The molecule has 0 fully saturated rings. The first-order valence-corrected chi connectivity index (χ1v) is 11.3. The Hall–Kier alpha value is -2.89. The van der Waals surface area contributed by atoms with Crippen molar-refractivity contribution in [1.82, 2.24) is 5.32 Å². The SMILES string of the molecule is CCCC[C@H](NC(=O)C(Cc1cccc2ccccc12)C(=O)OCC)C(=O)OC(C)(C)C. The fourth-order valence-corrected chi connectivity index (χ4v) is 3.52. The Morgan fingerprint density at radius 2 is 1.66 bits per heavy atom. The predicted molar refractivity (Wildman–Crippen MR) is 125 cm³/mol. The maximum absolute atomic E-state index is 13.2. The fraction of sp³-hybridized carbons (Fsp3) is 0.500. The maximum Gasteiger partial charge on any atom is 0.329 e. The monoisotopic (exact) mass is 441 g/mol. The molecule has 0 spiro atoms. The lowest BCUT2D eigenvalue weighted by atomic mass is 9.93. The van der Waals surface area contributed by atoms with Gasteiger partial charge in [-0.25, -0.2) is 4.79 Å². The van der Waals surface area contributed by atoms with Gasteiger partial charge in [-0.15, -0.1) is 0 Å². The molecule has 1 amide bonds. The average Bonchev–Trinajstić information content (AvgIpc) is 2.73. The van der Waals surface area contributed by atoms with Gasteiger partial charge in [0, 0.05) is 0 Å². The summed E-state index contributed by atoms with van der Waals surface area (Å²) in [5, 5.41) is 4.78. The number of hydrogen-bond acceptors (Lipinski definition) is 5. The highest BCUT2D eigenvalue weighted by Crippen LogP contribution is 2.22. The van der Waals surface area contributed by atoms with Crippen molar-refractivity contribution in [3.05, 3.63) is 48.0 Å². The smallest absolute Gasteiger partial charge is 0.329 e. The molecule has 0 heterocycles. The molecule has 6 heteroatoms. The van der Waals surface area contributed by atoms with Crippen molar-refractivity contribution < 1.29 is 23.9 Å². The molecule has 2 rings (SSSR count).